The summed E-state index contributed by atoms with van der Waals surface area (Å²) >= 11 is 0. The number of piperazine rings is 1. The Morgan fingerprint density at radius 1 is 1.38 bits per heavy atom. The number of methoxy groups -OCH3 is 1. The molecular weight excluding hydrogens is 202 g/mol. The largest absolute Gasteiger partial charge is 0.497 e. The van der Waals surface area contributed by atoms with Crippen molar-refractivity contribution in [1.29, 1.82) is 0 Å². The normalized spacial score (nSPS) is 17.3. The third kappa shape index (κ3) is 2.65. The summed E-state index contributed by atoms with van der Waals surface area (Å²) in [5.41, 5.74) is 7.99. The van der Waals surface area contributed by atoms with Crippen LogP contribution in [0.2, 0.25) is 0 Å². The molecule has 0 radical (unpaired) electrons. The van der Waals surface area contributed by atoms with E-state index in [1.165, 1.54) is 5.56 Å². The van der Waals surface area contributed by atoms with Crippen molar-refractivity contribution in [3.05, 3.63) is 23.8 Å². The molecule has 1 aromatic rings. The van der Waals surface area contributed by atoms with Crippen LogP contribution in [0.5, 0.6) is 5.75 Å². The third-order valence-electron chi connectivity index (χ3n) is 2.96. The molecule has 0 unspecified atom stereocenters. The summed E-state index contributed by atoms with van der Waals surface area (Å²) in [6.45, 7) is 5.24. The van der Waals surface area contributed by atoms with E-state index < -0.39 is 0 Å². The average molecular weight is 221 g/mol. The molecule has 0 aliphatic carbocycles. The first-order chi connectivity index (χ1) is 7.79. The van der Waals surface area contributed by atoms with Crippen LogP contribution in [-0.4, -0.2) is 38.2 Å². The Morgan fingerprint density at radius 3 is 2.75 bits per heavy atom. The lowest BCUT2D eigenvalue weighted by atomic mass is 10.1. The quantitative estimate of drug-likeness (QED) is 0.737. The van der Waals surface area contributed by atoms with E-state index in [1.807, 2.05) is 12.1 Å². The average Bonchev–Trinajstić information content (AvgIpc) is 2.33. The minimum atomic E-state index is 0.817. The lowest BCUT2D eigenvalue weighted by Crippen LogP contribution is -2.42. The second-order valence-electron chi connectivity index (χ2n) is 4.09. The highest BCUT2D eigenvalue weighted by Gasteiger charge is 2.11. The zero-order valence-electron chi connectivity index (χ0n) is 9.70. The van der Waals surface area contributed by atoms with Gasteiger partial charge in [-0.1, -0.05) is 6.07 Å². The molecule has 1 fully saturated rings. The molecule has 0 saturated carbocycles. The van der Waals surface area contributed by atoms with E-state index in [1.54, 1.807) is 7.11 Å². The highest BCUT2D eigenvalue weighted by Crippen LogP contribution is 2.20. The topological polar surface area (TPSA) is 50.5 Å². The minimum absolute atomic E-state index is 0.817. The monoisotopic (exact) mass is 221 g/mol. The van der Waals surface area contributed by atoms with Gasteiger partial charge in [0.1, 0.15) is 5.75 Å². The van der Waals surface area contributed by atoms with Crippen molar-refractivity contribution in [3.63, 3.8) is 0 Å². The molecule has 16 heavy (non-hydrogen) atoms. The Bertz CT molecular complexity index is 348. The van der Waals surface area contributed by atoms with E-state index in [0.29, 0.717) is 0 Å². The molecule has 1 aromatic carbocycles. The van der Waals surface area contributed by atoms with Crippen LogP contribution in [-0.2, 0) is 6.54 Å². The van der Waals surface area contributed by atoms with E-state index in [4.69, 9.17) is 10.5 Å². The van der Waals surface area contributed by atoms with Crippen molar-refractivity contribution in [1.82, 2.24) is 10.2 Å². The van der Waals surface area contributed by atoms with E-state index in [-0.39, 0.29) is 0 Å². The maximum Gasteiger partial charge on any atom is 0.120 e. The molecule has 0 aromatic heterocycles. The number of ether oxygens (including phenoxy) is 1. The number of nitrogen functional groups attached to an aromatic ring is 1. The number of anilines is 1. The Balaban J connectivity index is 2.03. The molecule has 1 heterocycles. The lowest BCUT2D eigenvalue weighted by Gasteiger charge is -2.27. The summed E-state index contributed by atoms with van der Waals surface area (Å²) in [6, 6.07) is 5.90. The fourth-order valence-electron chi connectivity index (χ4n) is 1.95. The van der Waals surface area contributed by atoms with Gasteiger partial charge in [0.25, 0.3) is 0 Å². The van der Waals surface area contributed by atoms with Crippen molar-refractivity contribution in [2.75, 3.05) is 39.0 Å². The second kappa shape index (κ2) is 5.18. The predicted molar refractivity (Wildman–Crippen MR) is 65.6 cm³/mol. The van der Waals surface area contributed by atoms with Crippen LogP contribution in [0.4, 0.5) is 5.69 Å². The summed E-state index contributed by atoms with van der Waals surface area (Å²) in [5, 5.41) is 3.34. The highest BCUT2D eigenvalue weighted by atomic mass is 16.5. The summed E-state index contributed by atoms with van der Waals surface area (Å²) in [4.78, 5) is 2.41. The maximum absolute atomic E-state index is 5.99. The van der Waals surface area contributed by atoms with E-state index >= 15 is 0 Å². The van der Waals surface area contributed by atoms with Gasteiger partial charge in [0, 0.05) is 44.5 Å². The summed E-state index contributed by atoms with van der Waals surface area (Å²) in [6.07, 6.45) is 0. The van der Waals surface area contributed by atoms with Crippen molar-refractivity contribution in [2.24, 2.45) is 0 Å². The van der Waals surface area contributed by atoms with Crippen LogP contribution in [0.3, 0.4) is 0 Å². The molecular formula is C12H19N3O. The first-order valence-corrected chi connectivity index (χ1v) is 5.65. The fourth-order valence-corrected chi connectivity index (χ4v) is 1.95. The third-order valence-corrected chi connectivity index (χ3v) is 2.96. The van der Waals surface area contributed by atoms with Crippen LogP contribution in [0.1, 0.15) is 5.56 Å². The smallest absolute Gasteiger partial charge is 0.120 e. The predicted octanol–water partition coefficient (Wildman–Crippen LogP) is 0.683. The molecule has 4 heteroatoms. The number of hydrogen-bond donors (Lipinski definition) is 2. The van der Waals surface area contributed by atoms with Gasteiger partial charge in [-0.25, -0.2) is 0 Å². The number of nitrogens with zero attached hydrogens (tertiary/aromatic N) is 1. The number of rotatable bonds is 3. The Morgan fingerprint density at radius 2 is 2.12 bits per heavy atom. The molecule has 1 saturated heterocycles. The van der Waals surface area contributed by atoms with Crippen LogP contribution >= 0.6 is 0 Å². The molecule has 0 atom stereocenters. The molecule has 2 rings (SSSR count). The van der Waals surface area contributed by atoms with Gasteiger partial charge in [-0.15, -0.1) is 0 Å². The SMILES string of the molecule is COc1ccc(CN2CCNCC2)c(N)c1. The lowest BCUT2D eigenvalue weighted by molar-refractivity contribution is 0.233. The van der Waals surface area contributed by atoms with Gasteiger partial charge in [0.15, 0.2) is 0 Å². The van der Waals surface area contributed by atoms with Crippen LogP contribution in [0, 0.1) is 0 Å². The number of nitrogens with one attached hydrogen (secondary N) is 1. The number of nitrogens with two attached hydrogens (primary N) is 1. The molecule has 0 spiro atoms. The minimum Gasteiger partial charge on any atom is -0.497 e. The second-order valence-corrected chi connectivity index (χ2v) is 4.09. The first kappa shape index (κ1) is 11.2. The van der Waals surface area contributed by atoms with Gasteiger partial charge in [0.05, 0.1) is 7.11 Å². The molecule has 4 nitrogen and oxygen atoms in total. The van der Waals surface area contributed by atoms with Gasteiger partial charge in [-0.2, -0.15) is 0 Å². The first-order valence-electron chi connectivity index (χ1n) is 5.65. The van der Waals surface area contributed by atoms with Gasteiger partial charge in [-0.05, 0) is 11.6 Å². The van der Waals surface area contributed by atoms with Crippen molar-refractivity contribution in [2.45, 2.75) is 6.54 Å². The molecule has 0 bridgehead atoms. The van der Waals surface area contributed by atoms with Crippen molar-refractivity contribution < 1.29 is 4.74 Å². The summed E-state index contributed by atoms with van der Waals surface area (Å²) in [5.74, 6) is 0.821. The Labute approximate surface area is 96.4 Å². The van der Waals surface area contributed by atoms with Crippen LogP contribution in [0.15, 0.2) is 18.2 Å². The van der Waals surface area contributed by atoms with Crippen LogP contribution < -0.4 is 15.8 Å². The number of benzene rings is 1. The van der Waals surface area contributed by atoms with Gasteiger partial charge < -0.3 is 15.8 Å². The number of hydrogen-bond acceptors (Lipinski definition) is 4. The molecule has 3 N–H and O–H groups in total. The fraction of sp³-hybridized carbons (Fsp3) is 0.500. The molecule has 88 valence electrons. The van der Waals surface area contributed by atoms with Gasteiger partial charge in [0.2, 0.25) is 0 Å². The zero-order valence-corrected chi connectivity index (χ0v) is 9.70. The Kier molecular flexibility index (Phi) is 3.64. The van der Waals surface area contributed by atoms with E-state index in [9.17, 15) is 0 Å². The molecule has 0 amide bonds. The summed E-state index contributed by atoms with van der Waals surface area (Å²) in [7, 11) is 1.66. The van der Waals surface area contributed by atoms with Gasteiger partial charge in [-0.3, -0.25) is 4.90 Å². The van der Waals surface area contributed by atoms with Crippen LogP contribution in [0.25, 0.3) is 0 Å². The van der Waals surface area contributed by atoms with Crippen molar-refractivity contribution in [3.8, 4) is 5.75 Å². The standard InChI is InChI=1S/C12H19N3O/c1-16-11-3-2-10(12(13)8-11)9-15-6-4-14-5-7-15/h2-3,8,14H,4-7,9,13H2,1H3. The Hall–Kier alpha value is -1.26. The van der Waals surface area contributed by atoms with Gasteiger partial charge >= 0.3 is 0 Å². The zero-order chi connectivity index (χ0) is 11.4. The maximum atomic E-state index is 5.99. The summed E-state index contributed by atoms with van der Waals surface area (Å²) < 4.78 is 5.14. The highest BCUT2D eigenvalue weighted by molar-refractivity contribution is 5.51. The van der Waals surface area contributed by atoms with E-state index in [0.717, 1.165) is 44.2 Å². The van der Waals surface area contributed by atoms with Crippen molar-refractivity contribution >= 4 is 5.69 Å². The molecule has 1 aliphatic heterocycles. The molecule has 1 aliphatic rings. The van der Waals surface area contributed by atoms with E-state index in [2.05, 4.69) is 16.3 Å².